The zero-order valence-corrected chi connectivity index (χ0v) is 10.6. The first kappa shape index (κ1) is 14.9. The molecule has 18 heavy (non-hydrogen) atoms. The van der Waals surface area contributed by atoms with Crippen molar-refractivity contribution in [1.82, 2.24) is 0 Å². The van der Waals surface area contributed by atoms with Crippen molar-refractivity contribution in [3.8, 4) is 5.75 Å². The van der Waals surface area contributed by atoms with Crippen molar-refractivity contribution in [2.24, 2.45) is 0 Å². The topological polar surface area (TPSA) is 9.23 Å². The van der Waals surface area contributed by atoms with Gasteiger partial charge in [0.1, 0.15) is 0 Å². The predicted molar refractivity (Wildman–Crippen MR) is 57.4 cm³/mol. The first-order valence-electron chi connectivity index (χ1n) is 5.29. The molecule has 100 valence electrons. The summed E-state index contributed by atoms with van der Waals surface area (Å²) in [5.41, 5.74) is 0. The highest BCUT2D eigenvalue weighted by Gasteiger charge is 2.26. The van der Waals surface area contributed by atoms with E-state index in [-0.39, 0.29) is 6.61 Å². The van der Waals surface area contributed by atoms with Crippen molar-refractivity contribution >= 4 is 9.52 Å². The predicted octanol–water partition coefficient (Wildman–Crippen LogP) is 3.71. The van der Waals surface area contributed by atoms with E-state index in [1.807, 2.05) is 6.55 Å². The molecule has 0 aromatic heterocycles. The number of unbranched alkanes of at least 4 members (excludes halogenated alkanes) is 1. The molecule has 1 aromatic rings. The Kier molecular flexibility index (Phi) is 5.58. The van der Waals surface area contributed by atoms with Crippen LogP contribution in [-0.4, -0.2) is 16.1 Å². The molecule has 0 heterocycles. The van der Waals surface area contributed by atoms with Crippen molar-refractivity contribution in [2.75, 3.05) is 6.61 Å². The van der Waals surface area contributed by atoms with Crippen LogP contribution in [-0.2, 0) is 0 Å². The fourth-order valence-electron chi connectivity index (χ4n) is 1.29. The molecule has 0 amide bonds. The summed E-state index contributed by atoms with van der Waals surface area (Å²) in [6.45, 7) is 1.92. The average Bonchev–Trinajstić information content (AvgIpc) is 2.37. The molecule has 0 N–H and O–H groups in total. The largest absolute Gasteiger partial charge is 0.487 e. The van der Waals surface area contributed by atoms with Gasteiger partial charge in [-0.05, 0) is 6.42 Å². The quantitative estimate of drug-likeness (QED) is 0.254. The van der Waals surface area contributed by atoms with E-state index in [2.05, 4.69) is 4.74 Å². The maximum atomic E-state index is 13.1. The van der Waals surface area contributed by atoms with E-state index in [0.717, 1.165) is 22.0 Å². The number of ether oxygens (including phenoxy) is 1. The Morgan fingerprint density at radius 1 is 0.833 bits per heavy atom. The molecule has 1 nitrogen and oxygen atoms in total. The summed E-state index contributed by atoms with van der Waals surface area (Å²) >= 11 is 0. The molecule has 0 aliphatic rings. The Labute approximate surface area is 104 Å². The lowest BCUT2D eigenvalue weighted by molar-refractivity contribution is 0.258. The van der Waals surface area contributed by atoms with Crippen LogP contribution in [0.4, 0.5) is 22.0 Å². The fourth-order valence-corrected chi connectivity index (χ4v) is 1.89. The normalized spacial score (nSPS) is 10.8. The van der Waals surface area contributed by atoms with Gasteiger partial charge in [0.2, 0.25) is 29.1 Å². The van der Waals surface area contributed by atoms with Crippen LogP contribution in [0.25, 0.3) is 0 Å². The molecular formula is C11H11F5OSi. The van der Waals surface area contributed by atoms with Gasteiger partial charge >= 0.3 is 0 Å². The highest BCUT2D eigenvalue weighted by molar-refractivity contribution is 6.33. The van der Waals surface area contributed by atoms with E-state index < -0.39 is 34.8 Å². The minimum Gasteiger partial charge on any atom is -0.487 e. The summed E-state index contributed by atoms with van der Waals surface area (Å²) in [5.74, 6) is -11.2. The number of rotatable bonds is 6. The smallest absolute Gasteiger partial charge is 0.206 e. The molecule has 0 saturated heterocycles. The molecule has 0 bridgehead atoms. The number of hydrogen-bond acceptors (Lipinski definition) is 1. The van der Waals surface area contributed by atoms with Gasteiger partial charge in [0.15, 0.2) is 5.75 Å². The average molecular weight is 282 g/mol. The van der Waals surface area contributed by atoms with E-state index in [0.29, 0.717) is 6.42 Å². The van der Waals surface area contributed by atoms with E-state index in [1.165, 1.54) is 0 Å². The molecule has 2 radical (unpaired) electrons. The third-order valence-electron chi connectivity index (χ3n) is 2.24. The van der Waals surface area contributed by atoms with E-state index in [4.69, 9.17) is 0 Å². The van der Waals surface area contributed by atoms with Crippen molar-refractivity contribution in [3.05, 3.63) is 29.1 Å². The zero-order valence-electron chi connectivity index (χ0n) is 9.63. The Morgan fingerprint density at radius 3 is 1.83 bits per heavy atom. The van der Waals surface area contributed by atoms with Crippen LogP contribution in [0.2, 0.25) is 12.6 Å². The standard InChI is InChI=1S/C11H11F5OSi/c1-18-5-3-2-4-17-11-9(15)7(13)6(12)8(14)10(11)16/h2-5H2,1H3. The molecule has 0 saturated carbocycles. The summed E-state index contributed by atoms with van der Waals surface area (Å²) in [6.07, 6.45) is 1.28. The van der Waals surface area contributed by atoms with Gasteiger partial charge in [-0.2, -0.15) is 8.78 Å². The third kappa shape index (κ3) is 3.21. The van der Waals surface area contributed by atoms with Gasteiger partial charge in [0.05, 0.1) is 6.61 Å². The molecule has 1 rings (SSSR count). The Balaban J connectivity index is 2.77. The van der Waals surface area contributed by atoms with Crippen LogP contribution in [0.5, 0.6) is 5.75 Å². The van der Waals surface area contributed by atoms with Crippen LogP contribution in [0, 0.1) is 29.1 Å². The molecule has 0 atom stereocenters. The second-order valence-electron chi connectivity index (χ2n) is 3.56. The van der Waals surface area contributed by atoms with Crippen LogP contribution in [0.15, 0.2) is 0 Å². The first-order chi connectivity index (χ1) is 8.50. The highest BCUT2D eigenvalue weighted by atomic mass is 28.2. The highest BCUT2D eigenvalue weighted by Crippen LogP contribution is 2.29. The molecule has 0 fully saturated rings. The van der Waals surface area contributed by atoms with E-state index >= 15 is 0 Å². The van der Waals surface area contributed by atoms with Gasteiger partial charge in [-0.1, -0.05) is 19.0 Å². The molecule has 0 spiro atoms. The monoisotopic (exact) mass is 282 g/mol. The molecule has 7 heteroatoms. The maximum Gasteiger partial charge on any atom is 0.206 e. The minimum absolute atomic E-state index is 0.0805. The number of hydrogen-bond donors (Lipinski definition) is 0. The van der Waals surface area contributed by atoms with Crippen LogP contribution in [0.3, 0.4) is 0 Å². The first-order valence-corrected chi connectivity index (χ1v) is 7.00. The van der Waals surface area contributed by atoms with Crippen LogP contribution >= 0.6 is 0 Å². The van der Waals surface area contributed by atoms with Crippen molar-refractivity contribution in [2.45, 2.75) is 25.4 Å². The SMILES string of the molecule is C[Si]CCCCOc1c(F)c(F)c(F)c(F)c1F. The van der Waals surface area contributed by atoms with Crippen LogP contribution in [0.1, 0.15) is 12.8 Å². The third-order valence-corrected chi connectivity index (χ3v) is 3.09. The van der Waals surface area contributed by atoms with Crippen molar-refractivity contribution in [1.29, 1.82) is 0 Å². The lowest BCUT2D eigenvalue weighted by Crippen LogP contribution is -2.08. The second-order valence-corrected chi connectivity index (χ2v) is 4.77. The van der Waals surface area contributed by atoms with E-state index in [1.54, 1.807) is 0 Å². The lowest BCUT2D eigenvalue weighted by Gasteiger charge is -2.09. The van der Waals surface area contributed by atoms with Crippen molar-refractivity contribution < 1.29 is 26.7 Å². The number of halogens is 5. The Bertz CT molecular complexity index is 395. The molecule has 0 aliphatic heterocycles. The van der Waals surface area contributed by atoms with Gasteiger partial charge in [0, 0.05) is 9.52 Å². The second kappa shape index (κ2) is 6.72. The van der Waals surface area contributed by atoms with Crippen LogP contribution < -0.4 is 4.74 Å². The summed E-state index contributed by atoms with van der Waals surface area (Å²) in [5, 5.41) is 0. The molecule has 0 unspecified atom stereocenters. The van der Waals surface area contributed by atoms with Crippen molar-refractivity contribution in [3.63, 3.8) is 0 Å². The summed E-state index contributed by atoms with van der Waals surface area (Å²) < 4.78 is 69.2. The Morgan fingerprint density at radius 2 is 1.33 bits per heavy atom. The van der Waals surface area contributed by atoms with Gasteiger partial charge < -0.3 is 4.74 Å². The van der Waals surface area contributed by atoms with Gasteiger partial charge in [-0.15, -0.1) is 0 Å². The Hall–Kier alpha value is -1.11. The van der Waals surface area contributed by atoms with E-state index in [9.17, 15) is 22.0 Å². The molecular weight excluding hydrogens is 271 g/mol. The fraction of sp³-hybridized carbons (Fsp3) is 0.455. The van der Waals surface area contributed by atoms with Gasteiger partial charge in [0.25, 0.3) is 0 Å². The zero-order chi connectivity index (χ0) is 13.7. The summed E-state index contributed by atoms with van der Waals surface area (Å²) in [6, 6.07) is 0.945. The van der Waals surface area contributed by atoms with Gasteiger partial charge in [-0.25, -0.2) is 13.2 Å². The summed E-state index contributed by atoms with van der Waals surface area (Å²) in [4.78, 5) is 0. The maximum absolute atomic E-state index is 13.1. The summed E-state index contributed by atoms with van der Waals surface area (Å²) in [7, 11) is 0.752. The molecule has 1 aromatic carbocycles. The van der Waals surface area contributed by atoms with Gasteiger partial charge in [-0.3, -0.25) is 0 Å². The minimum atomic E-state index is -2.18. The molecule has 0 aliphatic carbocycles. The lowest BCUT2D eigenvalue weighted by atomic mass is 10.2. The number of benzene rings is 1.